The molecule has 0 atom stereocenters. The fourth-order valence-corrected chi connectivity index (χ4v) is 0.924. The van der Waals surface area contributed by atoms with Gasteiger partial charge in [0, 0.05) is 7.11 Å². The first-order chi connectivity index (χ1) is 5.65. The van der Waals surface area contributed by atoms with Crippen LogP contribution in [-0.4, -0.2) is 17.1 Å². The molecule has 0 aliphatic heterocycles. The van der Waals surface area contributed by atoms with E-state index in [1.165, 1.54) is 7.11 Å². The number of aromatic nitrogens is 2. The van der Waals surface area contributed by atoms with Gasteiger partial charge in [0.05, 0.1) is 5.69 Å². The molecule has 0 saturated carbocycles. The number of aromatic amines is 1. The maximum absolute atomic E-state index is 11.1. The van der Waals surface area contributed by atoms with Crippen LogP contribution in [-0.2, 0) is 11.3 Å². The van der Waals surface area contributed by atoms with Crippen molar-refractivity contribution in [3.8, 4) is 0 Å². The third-order valence-corrected chi connectivity index (χ3v) is 1.80. The third kappa shape index (κ3) is 1.84. The lowest BCUT2D eigenvalue weighted by Crippen LogP contribution is -2.14. The maximum atomic E-state index is 11.1. The molecule has 1 rings (SSSR count). The highest BCUT2D eigenvalue weighted by Crippen LogP contribution is 2.05. The van der Waals surface area contributed by atoms with E-state index in [-0.39, 0.29) is 17.2 Å². The summed E-state index contributed by atoms with van der Waals surface area (Å²) in [5, 5.41) is 0.134. The zero-order chi connectivity index (χ0) is 9.14. The van der Waals surface area contributed by atoms with Gasteiger partial charge in [-0.1, -0.05) is 11.6 Å². The molecular formula is C7H9ClN2O2. The summed E-state index contributed by atoms with van der Waals surface area (Å²) in [5.74, 6) is 0.490. The molecule has 4 nitrogen and oxygen atoms in total. The van der Waals surface area contributed by atoms with E-state index < -0.39 is 0 Å². The Kier molecular flexibility index (Phi) is 2.83. The van der Waals surface area contributed by atoms with Crippen LogP contribution in [0.2, 0.25) is 5.02 Å². The van der Waals surface area contributed by atoms with Gasteiger partial charge in [0.15, 0.2) is 0 Å². The van der Waals surface area contributed by atoms with Gasteiger partial charge in [-0.3, -0.25) is 4.79 Å². The largest absolute Gasteiger partial charge is 0.377 e. The van der Waals surface area contributed by atoms with E-state index in [2.05, 4.69) is 9.97 Å². The zero-order valence-electron chi connectivity index (χ0n) is 6.85. The Bertz CT molecular complexity index is 335. The number of hydrogen-bond acceptors (Lipinski definition) is 3. The molecule has 1 heterocycles. The number of hydrogen-bond donors (Lipinski definition) is 1. The number of aryl methyl sites for hydroxylation is 1. The molecule has 1 aromatic heterocycles. The molecule has 0 aliphatic carbocycles. The van der Waals surface area contributed by atoms with Crippen LogP contribution < -0.4 is 5.56 Å². The van der Waals surface area contributed by atoms with Crippen molar-refractivity contribution >= 4 is 11.6 Å². The minimum Gasteiger partial charge on any atom is -0.377 e. The zero-order valence-corrected chi connectivity index (χ0v) is 7.60. The molecule has 0 aromatic carbocycles. The summed E-state index contributed by atoms with van der Waals surface area (Å²) in [6, 6.07) is 0. The summed E-state index contributed by atoms with van der Waals surface area (Å²) < 4.78 is 4.80. The average molecular weight is 189 g/mol. The third-order valence-electron chi connectivity index (χ3n) is 1.36. The van der Waals surface area contributed by atoms with Crippen LogP contribution in [0.4, 0.5) is 0 Å². The Hall–Kier alpha value is -0.870. The summed E-state index contributed by atoms with van der Waals surface area (Å²) in [6.07, 6.45) is 0. The quantitative estimate of drug-likeness (QED) is 0.750. The lowest BCUT2D eigenvalue weighted by atomic mass is 10.4. The fraction of sp³-hybridized carbons (Fsp3) is 0.429. The van der Waals surface area contributed by atoms with Crippen molar-refractivity contribution < 1.29 is 4.74 Å². The Morgan fingerprint density at radius 2 is 2.33 bits per heavy atom. The molecule has 12 heavy (non-hydrogen) atoms. The molecule has 0 saturated heterocycles. The van der Waals surface area contributed by atoms with Crippen molar-refractivity contribution in [2.75, 3.05) is 7.11 Å². The van der Waals surface area contributed by atoms with Gasteiger partial charge in [0.25, 0.3) is 5.56 Å². The first-order valence-electron chi connectivity index (χ1n) is 3.39. The predicted molar refractivity (Wildman–Crippen MR) is 45.3 cm³/mol. The average Bonchev–Trinajstić information content (AvgIpc) is 2.01. The lowest BCUT2D eigenvalue weighted by molar-refractivity contribution is 0.177. The van der Waals surface area contributed by atoms with Gasteiger partial charge in [-0.25, -0.2) is 4.98 Å². The van der Waals surface area contributed by atoms with Crippen molar-refractivity contribution in [1.82, 2.24) is 9.97 Å². The summed E-state index contributed by atoms with van der Waals surface area (Å²) in [4.78, 5) is 17.6. The van der Waals surface area contributed by atoms with Gasteiger partial charge < -0.3 is 9.72 Å². The van der Waals surface area contributed by atoms with Crippen molar-refractivity contribution in [3.05, 3.63) is 26.9 Å². The van der Waals surface area contributed by atoms with Gasteiger partial charge in [0.1, 0.15) is 17.5 Å². The normalized spacial score (nSPS) is 10.2. The number of methoxy groups -OCH3 is 1. The van der Waals surface area contributed by atoms with Crippen LogP contribution in [0.15, 0.2) is 4.79 Å². The topological polar surface area (TPSA) is 55.0 Å². The second kappa shape index (κ2) is 3.69. The molecule has 0 bridgehead atoms. The number of ether oxygens (including phenoxy) is 1. The lowest BCUT2D eigenvalue weighted by Gasteiger charge is -2.00. The molecule has 0 aliphatic rings. The predicted octanol–water partition coefficient (Wildman–Crippen LogP) is 0.878. The fourth-order valence-electron chi connectivity index (χ4n) is 0.835. The van der Waals surface area contributed by atoms with E-state index in [0.29, 0.717) is 11.5 Å². The van der Waals surface area contributed by atoms with Gasteiger partial charge >= 0.3 is 0 Å². The van der Waals surface area contributed by atoms with E-state index in [1.54, 1.807) is 6.92 Å². The number of nitrogens with one attached hydrogen (secondary N) is 1. The van der Waals surface area contributed by atoms with Gasteiger partial charge in [-0.2, -0.15) is 0 Å². The molecule has 0 amide bonds. The number of halogens is 1. The molecule has 1 aromatic rings. The Balaban J connectivity index is 3.13. The van der Waals surface area contributed by atoms with Crippen LogP contribution in [0.1, 0.15) is 11.5 Å². The molecule has 0 radical (unpaired) electrons. The Morgan fingerprint density at radius 1 is 1.67 bits per heavy atom. The van der Waals surface area contributed by atoms with Gasteiger partial charge in [-0.05, 0) is 6.92 Å². The summed E-state index contributed by atoms with van der Waals surface area (Å²) in [7, 11) is 1.53. The number of nitrogens with zero attached hydrogens (tertiary/aromatic N) is 1. The highest BCUT2D eigenvalue weighted by atomic mass is 35.5. The standard InChI is InChI=1S/C7H9ClN2O2/c1-4-6(8)7(11)10-5(9-4)3-12-2/h3H2,1-2H3,(H,9,10,11). The van der Waals surface area contributed by atoms with E-state index >= 15 is 0 Å². The number of rotatable bonds is 2. The van der Waals surface area contributed by atoms with E-state index in [1.807, 2.05) is 0 Å². The minimum absolute atomic E-state index is 0.134. The first-order valence-corrected chi connectivity index (χ1v) is 3.77. The van der Waals surface area contributed by atoms with Crippen LogP contribution in [0, 0.1) is 6.92 Å². The van der Waals surface area contributed by atoms with Crippen LogP contribution >= 0.6 is 11.6 Å². The molecule has 0 fully saturated rings. The number of H-pyrrole nitrogens is 1. The highest BCUT2D eigenvalue weighted by Gasteiger charge is 2.03. The van der Waals surface area contributed by atoms with E-state index in [9.17, 15) is 4.79 Å². The van der Waals surface area contributed by atoms with Crippen molar-refractivity contribution in [3.63, 3.8) is 0 Å². The van der Waals surface area contributed by atoms with Gasteiger partial charge in [0.2, 0.25) is 0 Å². The van der Waals surface area contributed by atoms with Crippen LogP contribution in [0.5, 0.6) is 0 Å². The maximum Gasteiger partial charge on any atom is 0.270 e. The van der Waals surface area contributed by atoms with Gasteiger partial charge in [-0.15, -0.1) is 0 Å². The second-order valence-corrected chi connectivity index (χ2v) is 2.72. The molecule has 66 valence electrons. The van der Waals surface area contributed by atoms with E-state index in [0.717, 1.165) is 0 Å². The molecule has 1 N–H and O–H groups in total. The molecule has 0 spiro atoms. The Morgan fingerprint density at radius 3 is 2.83 bits per heavy atom. The Labute approximate surface area is 74.5 Å². The van der Waals surface area contributed by atoms with E-state index in [4.69, 9.17) is 16.3 Å². The van der Waals surface area contributed by atoms with Crippen molar-refractivity contribution in [1.29, 1.82) is 0 Å². The summed E-state index contributed by atoms with van der Waals surface area (Å²) >= 11 is 5.60. The molecular weight excluding hydrogens is 180 g/mol. The summed E-state index contributed by atoms with van der Waals surface area (Å²) in [5.41, 5.74) is 0.198. The summed E-state index contributed by atoms with van der Waals surface area (Å²) in [6.45, 7) is 1.96. The second-order valence-electron chi connectivity index (χ2n) is 2.35. The smallest absolute Gasteiger partial charge is 0.270 e. The van der Waals surface area contributed by atoms with Crippen LogP contribution in [0.25, 0.3) is 0 Å². The highest BCUT2D eigenvalue weighted by molar-refractivity contribution is 6.30. The minimum atomic E-state index is -0.323. The van der Waals surface area contributed by atoms with Crippen molar-refractivity contribution in [2.24, 2.45) is 0 Å². The first kappa shape index (κ1) is 9.22. The SMILES string of the molecule is COCc1nc(C)c(Cl)c(=O)[nH]1. The van der Waals surface area contributed by atoms with Crippen molar-refractivity contribution in [2.45, 2.75) is 13.5 Å². The van der Waals surface area contributed by atoms with Crippen LogP contribution in [0.3, 0.4) is 0 Å². The molecule has 0 unspecified atom stereocenters. The molecule has 5 heteroatoms. The monoisotopic (exact) mass is 188 g/mol.